The average molecular weight is 309 g/mol. The Morgan fingerprint density at radius 3 is 2.23 bits per heavy atom. The summed E-state index contributed by atoms with van der Waals surface area (Å²) in [5.41, 5.74) is 3.73. The first-order chi connectivity index (χ1) is 10.3. The fraction of sp³-hybridized carbons (Fsp3) is 0.611. The molecule has 4 nitrogen and oxygen atoms in total. The van der Waals surface area contributed by atoms with Crippen LogP contribution in [0.4, 0.5) is 0 Å². The predicted molar refractivity (Wildman–Crippen MR) is 91.5 cm³/mol. The molecule has 1 unspecified atom stereocenters. The molecule has 0 saturated heterocycles. The minimum Gasteiger partial charge on any atom is -0.394 e. The van der Waals surface area contributed by atoms with E-state index >= 15 is 0 Å². The summed E-state index contributed by atoms with van der Waals surface area (Å²) < 4.78 is 0. The van der Waals surface area contributed by atoms with Crippen LogP contribution >= 0.6 is 0 Å². The molecule has 126 valence electrons. The normalized spacial score (nSPS) is 13.7. The van der Waals surface area contributed by atoms with Gasteiger partial charge in [0.1, 0.15) is 0 Å². The minimum absolute atomic E-state index is 0.0719. The molecule has 0 spiro atoms. The van der Waals surface area contributed by atoms with E-state index in [2.05, 4.69) is 38.2 Å². The molecule has 0 aromatic carbocycles. The number of hydrogen-bond acceptors (Lipinski definition) is 3. The van der Waals surface area contributed by atoms with Gasteiger partial charge in [-0.25, -0.2) is 0 Å². The fourth-order valence-electron chi connectivity index (χ4n) is 1.87. The van der Waals surface area contributed by atoms with Crippen molar-refractivity contribution in [3.63, 3.8) is 0 Å². The molecule has 0 fully saturated rings. The van der Waals surface area contributed by atoms with E-state index in [4.69, 9.17) is 10.2 Å². The summed E-state index contributed by atoms with van der Waals surface area (Å²) in [5, 5.41) is 20.4. The van der Waals surface area contributed by atoms with E-state index in [0.29, 0.717) is 0 Å². The van der Waals surface area contributed by atoms with Crippen LogP contribution in [0.15, 0.2) is 34.9 Å². The van der Waals surface area contributed by atoms with E-state index in [1.54, 1.807) is 6.08 Å². The topological polar surface area (TPSA) is 69.6 Å². The molecule has 0 aliphatic heterocycles. The lowest BCUT2D eigenvalue weighted by atomic mass is 10.1. The Balaban J connectivity index is 4.05. The van der Waals surface area contributed by atoms with Crippen molar-refractivity contribution in [3.8, 4) is 0 Å². The minimum atomic E-state index is -0.899. The molecule has 0 rings (SSSR count). The SMILES string of the molecule is CC(C)=CCCC(C)=CCCC(C)=CC(=O)NCC(O)CO. The Morgan fingerprint density at radius 1 is 1.05 bits per heavy atom. The van der Waals surface area contributed by atoms with Crippen LogP contribution in [-0.4, -0.2) is 35.4 Å². The summed E-state index contributed by atoms with van der Waals surface area (Å²) in [5.74, 6) is -0.228. The summed E-state index contributed by atoms with van der Waals surface area (Å²) >= 11 is 0. The zero-order valence-corrected chi connectivity index (χ0v) is 14.4. The smallest absolute Gasteiger partial charge is 0.244 e. The molecule has 0 heterocycles. The van der Waals surface area contributed by atoms with Crippen LogP contribution in [0.2, 0.25) is 0 Å². The first-order valence-corrected chi connectivity index (χ1v) is 7.88. The van der Waals surface area contributed by atoms with Gasteiger partial charge in [0.2, 0.25) is 5.91 Å². The van der Waals surface area contributed by atoms with Crippen LogP contribution in [0, 0.1) is 0 Å². The quantitative estimate of drug-likeness (QED) is 0.429. The number of rotatable bonds is 10. The van der Waals surface area contributed by atoms with Gasteiger partial charge in [-0.3, -0.25) is 4.79 Å². The van der Waals surface area contributed by atoms with Crippen molar-refractivity contribution < 1.29 is 15.0 Å². The van der Waals surface area contributed by atoms with Crippen molar-refractivity contribution in [1.29, 1.82) is 0 Å². The highest BCUT2D eigenvalue weighted by atomic mass is 16.3. The molecule has 0 aliphatic carbocycles. The molecule has 3 N–H and O–H groups in total. The lowest BCUT2D eigenvalue weighted by molar-refractivity contribution is -0.117. The molecule has 22 heavy (non-hydrogen) atoms. The molecular weight excluding hydrogens is 278 g/mol. The molecule has 4 heteroatoms. The number of hydrogen-bond donors (Lipinski definition) is 3. The maximum Gasteiger partial charge on any atom is 0.244 e. The van der Waals surface area contributed by atoms with Crippen molar-refractivity contribution in [3.05, 3.63) is 34.9 Å². The Labute approximate surface area is 134 Å². The second kappa shape index (κ2) is 12.2. The van der Waals surface area contributed by atoms with E-state index in [1.165, 1.54) is 11.1 Å². The number of aliphatic hydroxyl groups excluding tert-OH is 2. The van der Waals surface area contributed by atoms with Gasteiger partial charge in [0.25, 0.3) is 0 Å². The Morgan fingerprint density at radius 2 is 1.64 bits per heavy atom. The first-order valence-electron chi connectivity index (χ1n) is 7.88. The van der Waals surface area contributed by atoms with Crippen molar-refractivity contribution in [2.75, 3.05) is 13.2 Å². The number of carbonyl (C=O) groups is 1. The molecular formula is C18H31NO3. The third kappa shape index (κ3) is 12.4. The van der Waals surface area contributed by atoms with E-state index in [9.17, 15) is 4.79 Å². The van der Waals surface area contributed by atoms with Gasteiger partial charge in [0.05, 0.1) is 12.7 Å². The van der Waals surface area contributed by atoms with Crippen LogP contribution in [0.3, 0.4) is 0 Å². The van der Waals surface area contributed by atoms with Gasteiger partial charge in [-0.05, 0) is 53.4 Å². The van der Waals surface area contributed by atoms with Crippen molar-refractivity contribution >= 4 is 5.91 Å². The highest BCUT2D eigenvalue weighted by Crippen LogP contribution is 2.11. The van der Waals surface area contributed by atoms with Gasteiger partial charge >= 0.3 is 0 Å². The molecule has 0 saturated carbocycles. The van der Waals surface area contributed by atoms with Gasteiger partial charge in [-0.1, -0.05) is 28.9 Å². The van der Waals surface area contributed by atoms with E-state index in [-0.39, 0.29) is 19.1 Å². The first kappa shape index (κ1) is 20.6. The third-order valence-corrected chi connectivity index (χ3v) is 3.22. The molecule has 0 bridgehead atoms. The average Bonchev–Trinajstić information content (AvgIpc) is 2.44. The summed E-state index contributed by atoms with van der Waals surface area (Å²) in [6.07, 6.45) is 9.05. The number of nitrogens with one attached hydrogen (secondary N) is 1. The number of carbonyl (C=O) groups excluding carboxylic acids is 1. The standard InChI is InChI=1S/C18H31NO3/c1-14(2)7-5-8-15(3)9-6-10-16(4)11-18(22)19-12-17(21)13-20/h7,9,11,17,20-21H,5-6,8,10,12-13H2,1-4H3,(H,19,22). The maximum absolute atomic E-state index is 11.6. The van der Waals surface area contributed by atoms with Crippen molar-refractivity contribution in [1.82, 2.24) is 5.32 Å². The molecule has 0 aliphatic rings. The van der Waals surface area contributed by atoms with Gasteiger partial charge in [-0.15, -0.1) is 0 Å². The summed E-state index contributed by atoms with van der Waals surface area (Å²) in [6.45, 7) is 8.01. The summed E-state index contributed by atoms with van der Waals surface area (Å²) in [6, 6.07) is 0. The van der Waals surface area contributed by atoms with Crippen molar-refractivity contribution in [2.45, 2.75) is 59.5 Å². The predicted octanol–water partition coefficient (Wildman–Crippen LogP) is 2.88. The Bertz CT molecular complexity index is 418. The van der Waals surface area contributed by atoms with E-state index < -0.39 is 6.10 Å². The van der Waals surface area contributed by atoms with Crippen LogP contribution in [0.25, 0.3) is 0 Å². The monoisotopic (exact) mass is 309 g/mol. The number of amides is 1. The van der Waals surface area contributed by atoms with Crippen LogP contribution in [0.5, 0.6) is 0 Å². The molecule has 0 radical (unpaired) electrons. The zero-order valence-electron chi connectivity index (χ0n) is 14.4. The van der Waals surface area contributed by atoms with E-state index in [1.807, 2.05) is 6.92 Å². The molecule has 1 amide bonds. The third-order valence-electron chi connectivity index (χ3n) is 3.22. The van der Waals surface area contributed by atoms with Crippen LogP contribution in [0.1, 0.15) is 53.4 Å². The van der Waals surface area contributed by atoms with Crippen LogP contribution in [-0.2, 0) is 4.79 Å². The lowest BCUT2D eigenvalue weighted by Crippen LogP contribution is -2.32. The van der Waals surface area contributed by atoms with E-state index in [0.717, 1.165) is 31.3 Å². The second-order valence-electron chi connectivity index (χ2n) is 5.98. The number of allylic oxidation sites excluding steroid dienone is 5. The Kier molecular flexibility index (Phi) is 11.4. The van der Waals surface area contributed by atoms with Gasteiger partial charge in [0, 0.05) is 12.6 Å². The van der Waals surface area contributed by atoms with Crippen molar-refractivity contribution in [2.24, 2.45) is 0 Å². The maximum atomic E-state index is 11.6. The van der Waals surface area contributed by atoms with Gasteiger partial charge in [0.15, 0.2) is 0 Å². The highest BCUT2D eigenvalue weighted by Gasteiger charge is 2.03. The fourth-order valence-corrected chi connectivity index (χ4v) is 1.87. The zero-order chi connectivity index (χ0) is 17.0. The highest BCUT2D eigenvalue weighted by molar-refractivity contribution is 5.88. The van der Waals surface area contributed by atoms with Gasteiger partial charge in [-0.2, -0.15) is 0 Å². The molecule has 1 atom stereocenters. The number of aliphatic hydroxyl groups is 2. The Hall–Kier alpha value is -1.39. The second-order valence-corrected chi connectivity index (χ2v) is 5.98. The summed E-state index contributed by atoms with van der Waals surface area (Å²) in [4.78, 5) is 11.6. The van der Waals surface area contributed by atoms with Gasteiger partial charge < -0.3 is 15.5 Å². The summed E-state index contributed by atoms with van der Waals surface area (Å²) in [7, 11) is 0. The largest absolute Gasteiger partial charge is 0.394 e. The molecule has 0 aromatic rings. The lowest BCUT2D eigenvalue weighted by Gasteiger charge is -2.07. The van der Waals surface area contributed by atoms with Crippen LogP contribution < -0.4 is 5.32 Å². The molecule has 0 aromatic heterocycles.